The van der Waals surface area contributed by atoms with Gasteiger partial charge in [0.1, 0.15) is 0 Å². The zero-order chi connectivity index (χ0) is 19.3. The summed E-state index contributed by atoms with van der Waals surface area (Å²) >= 11 is 0. The molecule has 0 radical (unpaired) electrons. The number of anilines is 1. The smallest absolute Gasteiger partial charge is 0.258 e. The lowest BCUT2D eigenvalue weighted by atomic mass is 9.94. The highest BCUT2D eigenvalue weighted by Gasteiger charge is 2.42. The van der Waals surface area contributed by atoms with E-state index in [1.807, 2.05) is 25.1 Å². The number of rotatable bonds is 2. The van der Waals surface area contributed by atoms with Crippen molar-refractivity contribution >= 4 is 22.7 Å². The molecule has 1 aliphatic heterocycles. The van der Waals surface area contributed by atoms with E-state index in [1.165, 1.54) is 6.42 Å². The number of aryl methyl sites for hydroxylation is 2. The molecule has 7 nitrogen and oxygen atoms in total. The fourth-order valence-electron chi connectivity index (χ4n) is 4.06. The van der Waals surface area contributed by atoms with E-state index in [0.29, 0.717) is 39.5 Å². The Morgan fingerprint density at radius 3 is 2.68 bits per heavy atom. The lowest BCUT2D eigenvalue weighted by Gasteiger charge is -2.31. The van der Waals surface area contributed by atoms with Gasteiger partial charge >= 0.3 is 0 Å². The molecule has 0 unspecified atom stereocenters. The van der Waals surface area contributed by atoms with Crippen molar-refractivity contribution in [3.05, 3.63) is 41.2 Å². The summed E-state index contributed by atoms with van der Waals surface area (Å²) in [4.78, 5) is 17.2. The van der Waals surface area contributed by atoms with Gasteiger partial charge in [0.05, 0.1) is 16.6 Å². The molecule has 1 aromatic carbocycles. The van der Waals surface area contributed by atoms with E-state index in [-0.39, 0.29) is 5.91 Å². The molecule has 1 fully saturated rings. The number of pyridine rings is 1. The summed E-state index contributed by atoms with van der Waals surface area (Å²) in [5.74, 6) is 0.638. The number of aromatic nitrogens is 2. The Hall–Kier alpha value is -3.09. The van der Waals surface area contributed by atoms with Gasteiger partial charge in [0, 0.05) is 30.3 Å². The van der Waals surface area contributed by atoms with Gasteiger partial charge in [-0.25, -0.2) is 4.98 Å². The van der Waals surface area contributed by atoms with Gasteiger partial charge in [-0.05, 0) is 44.9 Å². The summed E-state index contributed by atoms with van der Waals surface area (Å²) in [5.41, 5.74) is 2.84. The van der Waals surface area contributed by atoms with E-state index in [4.69, 9.17) is 14.0 Å². The van der Waals surface area contributed by atoms with Gasteiger partial charge in [0.25, 0.3) is 17.4 Å². The van der Waals surface area contributed by atoms with Crippen molar-refractivity contribution in [2.24, 2.45) is 0 Å². The molecule has 0 saturated heterocycles. The highest BCUT2D eigenvalue weighted by atomic mass is 16.7. The third-order valence-electron chi connectivity index (χ3n) is 5.40. The largest absolute Gasteiger partial charge is 0.448 e. The van der Waals surface area contributed by atoms with Crippen LogP contribution in [-0.4, -0.2) is 21.8 Å². The van der Waals surface area contributed by atoms with Crippen LogP contribution in [0.4, 0.5) is 5.69 Å². The van der Waals surface area contributed by atoms with Crippen molar-refractivity contribution in [3.8, 4) is 11.5 Å². The Morgan fingerprint density at radius 1 is 1.07 bits per heavy atom. The second kappa shape index (κ2) is 6.22. The number of ether oxygens (including phenoxy) is 2. The molecule has 1 N–H and O–H groups in total. The molecule has 1 saturated carbocycles. The van der Waals surface area contributed by atoms with Crippen molar-refractivity contribution < 1.29 is 18.8 Å². The molecule has 28 heavy (non-hydrogen) atoms. The molecular formula is C21H21N3O4. The average Bonchev–Trinajstić information content (AvgIpc) is 3.21. The SMILES string of the molecule is Cc1cc(C(=O)Nc2ccc3c(c2)OC2(CCCCC2)O3)c2c(C)noc2n1. The van der Waals surface area contributed by atoms with Crippen LogP contribution in [0.25, 0.3) is 11.1 Å². The average molecular weight is 379 g/mol. The second-order valence-corrected chi connectivity index (χ2v) is 7.55. The fraction of sp³-hybridized carbons (Fsp3) is 0.381. The maximum Gasteiger partial charge on any atom is 0.258 e. The fourth-order valence-corrected chi connectivity index (χ4v) is 4.06. The third kappa shape index (κ3) is 2.78. The number of amides is 1. The monoisotopic (exact) mass is 379 g/mol. The lowest BCUT2D eigenvalue weighted by molar-refractivity contribution is -0.105. The van der Waals surface area contributed by atoms with Crippen molar-refractivity contribution in [1.82, 2.24) is 10.1 Å². The van der Waals surface area contributed by atoms with E-state index in [1.54, 1.807) is 13.0 Å². The number of nitrogens with one attached hydrogen (secondary N) is 1. The Labute approximate surface area is 162 Å². The number of carbonyl (C=O) groups excluding carboxylic acids is 1. The normalized spacial score (nSPS) is 17.2. The van der Waals surface area contributed by atoms with Crippen LogP contribution in [0.3, 0.4) is 0 Å². The van der Waals surface area contributed by atoms with Crippen molar-refractivity contribution in [2.45, 2.75) is 51.7 Å². The maximum absolute atomic E-state index is 12.9. The minimum absolute atomic E-state index is 0.243. The standard InChI is InChI=1S/C21H21N3O4/c1-12-10-15(18-13(2)24-28-20(18)22-12)19(25)23-14-6-7-16-17(11-14)27-21(26-16)8-4-3-5-9-21/h6-7,10-11H,3-5,8-9H2,1-2H3,(H,23,25). The van der Waals surface area contributed by atoms with Crippen LogP contribution in [0.1, 0.15) is 53.8 Å². The molecule has 2 aromatic heterocycles. The first kappa shape index (κ1) is 17.0. The van der Waals surface area contributed by atoms with Crippen LogP contribution in [0, 0.1) is 13.8 Å². The lowest BCUT2D eigenvalue weighted by Crippen LogP contribution is -2.40. The quantitative estimate of drug-likeness (QED) is 0.704. The molecule has 5 rings (SSSR count). The van der Waals surface area contributed by atoms with Gasteiger partial charge in [-0.1, -0.05) is 11.6 Å². The number of fused-ring (bicyclic) bond motifs is 2. The van der Waals surface area contributed by atoms with Crippen LogP contribution in [-0.2, 0) is 0 Å². The van der Waals surface area contributed by atoms with Gasteiger partial charge in [0.2, 0.25) is 0 Å². The van der Waals surface area contributed by atoms with Crippen LogP contribution >= 0.6 is 0 Å². The van der Waals surface area contributed by atoms with Crippen LogP contribution in [0.15, 0.2) is 28.8 Å². The summed E-state index contributed by atoms with van der Waals surface area (Å²) in [6.45, 7) is 3.61. The maximum atomic E-state index is 12.9. The molecule has 144 valence electrons. The summed E-state index contributed by atoms with van der Waals surface area (Å²) in [7, 11) is 0. The molecule has 7 heteroatoms. The summed E-state index contributed by atoms with van der Waals surface area (Å²) in [5, 5.41) is 7.50. The van der Waals surface area contributed by atoms with Crippen LogP contribution in [0.2, 0.25) is 0 Å². The van der Waals surface area contributed by atoms with Crippen molar-refractivity contribution in [1.29, 1.82) is 0 Å². The predicted molar refractivity (Wildman–Crippen MR) is 103 cm³/mol. The zero-order valence-electron chi connectivity index (χ0n) is 15.9. The molecule has 1 aliphatic carbocycles. The first-order chi connectivity index (χ1) is 13.5. The molecule has 3 heterocycles. The predicted octanol–water partition coefficient (Wildman–Crippen LogP) is 4.52. The summed E-state index contributed by atoms with van der Waals surface area (Å²) in [6.07, 6.45) is 5.21. The van der Waals surface area contributed by atoms with Crippen LogP contribution in [0.5, 0.6) is 11.5 Å². The van der Waals surface area contributed by atoms with E-state index >= 15 is 0 Å². The number of benzene rings is 1. The van der Waals surface area contributed by atoms with E-state index < -0.39 is 5.79 Å². The molecule has 2 aliphatic rings. The minimum atomic E-state index is -0.531. The Balaban J connectivity index is 1.42. The molecule has 1 spiro atoms. The van der Waals surface area contributed by atoms with E-state index in [0.717, 1.165) is 31.4 Å². The van der Waals surface area contributed by atoms with Gasteiger partial charge in [-0.3, -0.25) is 4.79 Å². The van der Waals surface area contributed by atoms with Crippen LogP contribution < -0.4 is 14.8 Å². The summed E-state index contributed by atoms with van der Waals surface area (Å²) < 4.78 is 17.5. The molecule has 0 bridgehead atoms. The van der Waals surface area contributed by atoms with Gasteiger partial charge in [0.15, 0.2) is 11.5 Å². The second-order valence-electron chi connectivity index (χ2n) is 7.55. The number of hydrogen-bond acceptors (Lipinski definition) is 6. The minimum Gasteiger partial charge on any atom is -0.448 e. The highest BCUT2D eigenvalue weighted by Crippen LogP contribution is 2.46. The van der Waals surface area contributed by atoms with Gasteiger partial charge in [-0.2, -0.15) is 0 Å². The topological polar surface area (TPSA) is 86.5 Å². The highest BCUT2D eigenvalue weighted by molar-refractivity contribution is 6.12. The Morgan fingerprint density at radius 2 is 1.86 bits per heavy atom. The number of nitrogens with zero attached hydrogens (tertiary/aromatic N) is 2. The first-order valence-electron chi connectivity index (χ1n) is 9.60. The number of hydrogen-bond donors (Lipinski definition) is 1. The van der Waals surface area contributed by atoms with Crippen molar-refractivity contribution in [3.63, 3.8) is 0 Å². The number of carbonyl (C=O) groups is 1. The first-order valence-corrected chi connectivity index (χ1v) is 9.60. The third-order valence-corrected chi connectivity index (χ3v) is 5.40. The molecule has 1 amide bonds. The van der Waals surface area contributed by atoms with Crippen molar-refractivity contribution in [2.75, 3.05) is 5.32 Å². The van der Waals surface area contributed by atoms with E-state index in [9.17, 15) is 4.79 Å². The Bertz CT molecular complexity index is 1080. The molecule has 3 aromatic rings. The molecule has 0 atom stereocenters. The summed E-state index contributed by atoms with van der Waals surface area (Å²) in [6, 6.07) is 7.24. The van der Waals surface area contributed by atoms with Gasteiger partial charge < -0.3 is 19.3 Å². The molecular weight excluding hydrogens is 358 g/mol. The Kier molecular flexibility index (Phi) is 3.79. The zero-order valence-corrected chi connectivity index (χ0v) is 15.9. The van der Waals surface area contributed by atoms with E-state index in [2.05, 4.69) is 15.5 Å². The van der Waals surface area contributed by atoms with Gasteiger partial charge in [-0.15, -0.1) is 0 Å².